The molecule has 0 spiro atoms. The van der Waals surface area contributed by atoms with E-state index in [0.29, 0.717) is 43.2 Å². The van der Waals surface area contributed by atoms with Crippen LogP contribution in [0.1, 0.15) is 32.6 Å². The average molecular weight is 498 g/mol. The van der Waals surface area contributed by atoms with Crippen LogP contribution in [0.25, 0.3) is 5.65 Å². The Labute approximate surface area is 203 Å². The monoisotopic (exact) mass is 497 g/mol. The Bertz CT molecular complexity index is 1360. The molecule has 2 fully saturated rings. The number of carbonyl (C=O) groups excluding carboxylic acids is 2. The molecule has 0 bridgehead atoms. The number of anilines is 3. The maximum atomic E-state index is 12.8. The van der Waals surface area contributed by atoms with E-state index in [4.69, 9.17) is 0 Å². The Balaban J connectivity index is 1.22. The van der Waals surface area contributed by atoms with E-state index >= 15 is 0 Å². The lowest BCUT2D eigenvalue weighted by Crippen LogP contribution is -2.45. The lowest BCUT2D eigenvalue weighted by Gasteiger charge is -2.33. The summed E-state index contributed by atoms with van der Waals surface area (Å²) in [6, 6.07) is 11.6. The summed E-state index contributed by atoms with van der Waals surface area (Å²) < 4.78 is 30.2. The van der Waals surface area contributed by atoms with Gasteiger partial charge in [0.05, 0.1) is 4.90 Å². The van der Waals surface area contributed by atoms with Crippen molar-refractivity contribution in [1.29, 1.82) is 0 Å². The van der Waals surface area contributed by atoms with Crippen LogP contribution in [0.3, 0.4) is 0 Å². The Morgan fingerprint density at radius 2 is 1.69 bits per heavy atom. The number of nitrogens with zero attached hydrogens (tertiary/aromatic N) is 4. The van der Waals surface area contributed by atoms with Crippen LogP contribution in [-0.2, 0) is 19.6 Å². The summed E-state index contributed by atoms with van der Waals surface area (Å²) >= 11 is 0. The van der Waals surface area contributed by atoms with Crippen LogP contribution in [0.5, 0.6) is 0 Å². The van der Waals surface area contributed by atoms with E-state index in [9.17, 15) is 18.0 Å². The van der Waals surface area contributed by atoms with E-state index < -0.39 is 10.0 Å². The number of hydrogen-bond acceptors (Lipinski definition) is 7. The molecule has 184 valence electrons. The van der Waals surface area contributed by atoms with E-state index in [0.717, 1.165) is 18.7 Å². The number of aromatic nitrogens is 3. The van der Waals surface area contributed by atoms with Crippen LogP contribution >= 0.6 is 0 Å². The highest BCUT2D eigenvalue weighted by molar-refractivity contribution is 7.89. The molecule has 1 saturated heterocycles. The zero-order chi connectivity index (χ0) is 24.6. The maximum Gasteiger partial charge on any atom is 0.249 e. The lowest BCUT2D eigenvalue weighted by molar-refractivity contribution is -0.117. The van der Waals surface area contributed by atoms with Gasteiger partial charge < -0.3 is 10.2 Å². The predicted molar refractivity (Wildman–Crippen MR) is 131 cm³/mol. The molecule has 1 aromatic carbocycles. The molecule has 11 nitrogen and oxygen atoms in total. The van der Waals surface area contributed by atoms with E-state index in [2.05, 4.69) is 30.3 Å². The Morgan fingerprint density at radius 3 is 2.34 bits per heavy atom. The van der Waals surface area contributed by atoms with Crippen LogP contribution in [0.15, 0.2) is 47.4 Å². The van der Waals surface area contributed by atoms with Crippen molar-refractivity contribution >= 4 is 44.9 Å². The van der Waals surface area contributed by atoms with Crippen molar-refractivity contribution in [3.8, 4) is 0 Å². The van der Waals surface area contributed by atoms with Crippen LogP contribution in [0, 0.1) is 5.92 Å². The van der Waals surface area contributed by atoms with Crippen molar-refractivity contribution in [2.45, 2.75) is 43.5 Å². The van der Waals surface area contributed by atoms with E-state index in [-0.39, 0.29) is 28.7 Å². The highest BCUT2D eigenvalue weighted by atomic mass is 32.2. The first-order valence-electron chi connectivity index (χ1n) is 11.6. The number of amides is 2. The molecule has 0 unspecified atom stereocenters. The molecule has 3 N–H and O–H groups in total. The molecular formula is C23H27N7O4S. The third kappa shape index (κ3) is 5.28. The van der Waals surface area contributed by atoms with E-state index in [1.165, 1.54) is 19.1 Å². The molecule has 35 heavy (non-hydrogen) atoms. The van der Waals surface area contributed by atoms with E-state index in [1.54, 1.807) is 16.6 Å². The van der Waals surface area contributed by atoms with Gasteiger partial charge in [0.2, 0.25) is 27.8 Å². The fourth-order valence-corrected chi connectivity index (χ4v) is 5.48. The molecule has 0 atom stereocenters. The lowest BCUT2D eigenvalue weighted by atomic mass is 10.1. The minimum Gasteiger partial charge on any atom is -0.356 e. The number of benzene rings is 1. The normalized spacial score (nSPS) is 16.9. The number of piperidine rings is 1. The molecule has 3 heterocycles. The summed E-state index contributed by atoms with van der Waals surface area (Å²) in [5.41, 5.74) is 1.18. The largest absolute Gasteiger partial charge is 0.356 e. The minimum absolute atomic E-state index is 0.0414. The SMILES string of the molecule is CC(=O)Nc1ccc(S(=O)(=O)NC2CCN(c3cccc4nc(NC(=O)C5CC5)nn34)CC2)cc1. The average Bonchev–Trinajstić information content (AvgIpc) is 3.59. The standard InChI is InChI=1S/C23H27N7O4S/c1-15(31)24-17-7-9-19(10-8-17)35(33,34)28-18-11-13-29(14-12-18)21-4-2-3-20-25-23(27-30(20)21)26-22(32)16-5-6-16/h2-4,7-10,16,18,28H,5-6,11-14H2,1H3,(H,24,31)(H,26,27,32). The highest BCUT2D eigenvalue weighted by Crippen LogP contribution is 2.30. The second-order valence-corrected chi connectivity index (χ2v) is 10.7. The number of pyridine rings is 1. The van der Waals surface area contributed by atoms with Gasteiger partial charge in [-0.1, -0.05) is 6.07 Å². The van der Waals surface area contributed by atoms with Crippen molar-refractivity contribution in [2.75, 3.05) is 28.6 Å². The summed E-state index contributed by atoms with van der Waals surface area (Å²) in [5.74, 6) is 0.948. The molecule has 2 aromatic heterocycles. The van der Waals surface area contributed by atoms with Crippen molar-refractivity contribution in [3.63, 3.8) is 0 Å². The number of nitrogens with one attached hydrogen (secondary N) is 3. The second kappa shape index (κ2) is 9.27. The van der Waals surface area contributed by atoms with Gasteiger partial charge in [-0.2, -0.15) is 9.50 Å². The molecule has 1 aliphatic carbocycles. The summed E-state index contributed by atoms with van der Waals surface area (Å²) in [4.78, 5) is 29.9. The van der Waals surface area contributed by atoms with Gasteiger partial charge in [0.1, 0.15) is 5.82 Å². The first-order valence-corrected chi connectivity index (χ1v) is 13.1. The van der Waals surface area contributed by atoms with Crippen LogP contribution in [0.2, 0.25) is 0 Å². The molecule has 1 aliphatic heterocycles. The molecule has 2 aliphatic rings. The van der Waals surface area contributed by atoms with Gasteiger partial charge in [-0.15, -0.1) is 5.10 Å². The molecule has 12 heteroatoms. The molecule has 1 saturated carbocycles. The minimum atomic E-state index is -3.68. The zero-order valence-electron chi connectivity index (χ0n) is 19.3. The predicted octanol–water partition coefficient (Wildman–Crippen LogP) is 1.98. The van der Waals surface area contributed by atoms with Crippen LogP contribution in [0.4, 0.5) is 17.5 Å². The van der Waals surface area contributed by atoms with Crippen LogP contribution < -0.4 is 20.3 Å². The number of hydrogen-bond donors (Lipinski definition) is 3. The maximum absolute atomic E-state index is 12.8. The number of fused-ring (bicyclic) bond motifs is 1. The Morgan fingerprint density at radius 1 is 0.971 bits per heavy atom. The number of carbonyl (C=O) groups is 2. The third-order valence-corrected chi connectivity index (χ3v) is 7.69. The molecule has 0 radical (unpaired) electrons. The molecular weight excluding hydrogens is 470 g/mol. The van der Waals surface area contributed by atoms with Crippen molar-refractivity contribution in [2.24, 2.45) is 5.92 Å². The first-order chi connectivity index (χ1) is 16.8. The van der Waals surface area contributed by atoms with Gasteiger partial charge in [-0.05, 0) is 62.1 Å². The highest BCUT2D eigenvalue weighted by Gasteiger charge is 2.31. The second-order valence-electron chi connectivity index (χ2n) is 8.94. The summed E-state index contributed by atoms with van der Waals surface area (Å²) in [6.07, 6.45) is 3.07. The van der Waals surface area contributed by atoms with Gasteiger partial charge in [0, 0.05) is 37.7 Å². The number of sulfonamides is 1. The molecule has 2 amide bonds. The van der Waals surface area contributed by atoms with Gasteiger partial charge in [0.15, 0.2) is 5.65 Å². The van der Waals surface area contributed by atoms with Gasteiger partial charge in [-0.25, -0.2) is 13.1 Å². The first kappa shape index (κ1) is 23.2. The summed E-state index contributed by atoms with van der Waals surface area (Å²) in [6.45, 7) is 2.67. The Hall–Kier alpha value is -3.51. The zero-order valence-corrected chi connectivity index (χ0v) is 20.1. The molecule has 5 rings (SSSR count). The number of rotatable bonds is 7. The smallest absolute Gasteiger partial charge is 0.249 e. The van der Waals surface area contributed by atoms with Gasteiger partial charge in [-0.3, -0.25) is 14.9 Å². The van der Waals surface area contributed by atoms with Gasteiger partial charge in [0.25, 0.3) is 0 Å². The van der Waals surface area contributed by atoms with Crippen molar-refractivity contribution in [3.05, 3.63) is 42.5 Å². The fourth-order valence-electron chi connectivity index (χ4n) is 4.18. The van der Waals surface area contributed by atoms with Crippen molar-refractivity contribution in [1.82, 2.24) is 19.3 Å². The quantitative estimate of drug-likeness (QED) is 0.454. The van der Waals surface area contributed by atoms with Crippen LogP contribution in [-0.4, -0.2) is 54.0 Å². The summed E-state index contributed by atoms with van der Waals surface area (Å²) in [5, 5.41) is 9.89. The molecule has 3 aromatic rings. The van der Waals surface area contributed by atoms with E-state index in [1.807, 2.05) is 18.2 Å². The Kier molecular flexibility index (Phi) is 6.15. The topological polar surface area (TPSA) is 138 Å². The fraction of sp³-hybridized carbons (Fsp3) is 0.391. The van der Waals surface area contributed by atoms with Crippen molar-refractivity contribution < 1.29 is 18.0 Å². The summed E-state index contributed by atoms with van der Waals surface area (Å²) in [7, 11) is -3.68. The third-order valence-electron chi connectivity index (χ3n) is 6.15. The van der Waals surface area contributed by atoms with Gasteiger partial charge >= 0.3 is 0 Å².